The van der Waals surface area contributed by atoms with Gasteiger partial charge in [0.2, 0.25) is 5.67 Å². The highest BCUT2D eigenvalue weighted by molar-refractivity contribution is 5.84. The van der Waals surface area contributed by atoms with Gasteiger partial charge in [0, 0.05) is 11.8 Å². The Morgan fingerprint density at radius 2 is 2.17 bits per heavy atom. The lowest BCUT2D eigenvalue weighted by atomic mass is 10.0. The number of rotatable bonds is 3. The molecule has 0 aromatic heterocycles. The van der Waals surface area contributed by atoms with Gasteiger partial charge in [-0.15, -0.1) is 0 Å². The summed E-state index contributed by atoms with van der Waals surface area (Å²) in [6.07, 6.45) is 0.998. The van der Waals surface area contributed by atoms with E-state index in [-0.39, 0.29) is 6.61 Å². The number of halogens is 1. The quantitative estimate of drug-likeness (QED) is 0.612. The number of alkyl halides is 1. The van der Waals surface area contributed by atoms with Crippen LogP contribution in [0.15, 0.2) is 0 Å². The van der Waals surface area contributed by atoms with E-state index in [4.69, 9.17) is 0 Å². The standard InChI is InChI=1S/C9H15FO2/c1-4-8(3)6-9(8,10)7(11)12-5-2/h4-6H2,1-3H3. The number of carbonyl (C=O) groups is 1. The molecule has 1 saturated carbocycles. The average Bonchev–Trinajstić information content (AvgIpc) is 2.58. The fourth-order valence-corrected chi connectivity index (χ4v) is 1.46. The summed E-state index contributed by atoms with van der Waals surface area (Å²) < 4.78 is 18.3. The largest absolute Gasteiger partial charge is 0.464 e. The summed E-state index contributed by atoms with van der Waals surface area (Å²) >= 11 is 0. The van der Waals surface area contributed by atoms with Crippen LogP contribution in [0.25, 0.3) is 0 Å². The molecule has 0 aromatic rings. The number of carbonyl (C=O) groups excluding carboxylic acids is 1. The molecule has 0 aliphatic heterocycles. The zero-order valence-electron chi connectivity index (χ0n) is 7.82. The molecule has 2 nitrogen and oxygen atoms in total. The van der Waals surface area contributed by atoms with Crippen molar-refractivity contribution in [3.63, 3.8) is 0 Å². The van der Waals surface area contributed by atoms with Gasteiger partial charge in [-0.25, -0.2) is 9.18 Å². The first-order valence-electron chi connectivity index (χ1n) is 4.36. The zero-order chi connectivity index (χ0) is 9.41. The highest BCUT2D eigenvalue weighted by Gasteiger charge is 2.70. The molecule has 70 valence electrons. The third-order valence-electron chi connectivity index (χ3n) is 2.84. The molecule has 1 fully saturated rings. The summed E-state index contributed by atoms with van der Waals surface area (Å²) in [5.74, 6) is -0.686. The molecule has 0 bridgehead atoms. The van der Waals surface area contributed by atoms with Crippen molar-refractivity contribution in [1.82, 2.24) is 0 Å². The van der Waals surface area contributed by atoms with E-state index in [1.54, 1.807) is 13.8 Å². The maximum atomic E-state index is 13.7. The lowest BCUT2D eigenvalue weighted by Crippen LogP contribution is -2.26. The minimum absolute atomic E-state index is 0.254. The van der Waals surface area contributed by atoms with Gasteiger partial charge in [-0.2, -0.15) is 0 Å². The third-order valence-corrected chi connectivity index (χ3v) is 2.84. The SMILES string of the molecule is CCOC(=O)C1(F)CC1(C)CC. The first-order chi connectivity index (χ1) is 5.50. The monoisotopic (exact) mass is 174 g/mol. The smallest absolute Gasteiger partial charge is 0.344 e. The average molecular weight is 174 g/mol. The summed E-state index contributed by atoms with van der Waals surface area (Å²) in [5.41, 5.74) is -2.17. The maximum Gasteiger partial charge on any atom is 0.344 e. The van der Waals surface area contributed by atoms with Gasteiger partial charge in [-0.1, -0.05) is 13.8 Å². The Bertz CT molecular complexity index is 205. The molecule has 0 amide bonds. The fourth-order valence-electron chi connectivity index (χ4n) is 1.46. The summed E-state index contributed by atoms with van der Waals surface area (Å²) in [4.78, 5) is 11.1. The van der Waals surface area contributed by atoms with Gasteiger partial charge in [-0.05, 0) is 13.3 Å². The zero-order valence-corrected chi connectivity index (χ0v) is 7.82. The van der Waals surface area contributed by atoms with Crippen molar-refractivity contribution < 1.29 is 13.9 Å². The van der Waals surface area contributed by atoms with Crippen LogP contribution >= 0.6 is 0 Å². The second kappa shape index (κ2) is 2.71. The van der Waals surface area contributed by atoms with E-state index < -0.39 is 17.1 Å². The molecule has 1 aliphatic carbocycles. The number of esters is 1. The second-order valence-electron chi connectivity index (χ2n) is 3.61. The van der Waals surface area contributed by atoms with Gasteiger partial charge in [-0.3, -0.25) is 0 Å². The van der Waals surface area contributed by atoms with Crippen molar-refractivity contribution in [2.45, 2.75) is 39.3 Å². The third kappa shape index (κ3) is 1.11. The molecule has 1 aliphatic rings. The lowest BCUT2D eigenvalue weighted by molar-refractivity contribution is -0.152. The summed E-state index contributed by atoms with van der Waals surface area (Å²) in [5, 5.41) is 0. The molecule has 2 atom stereocenters. The first kappa shape index (κ1) is 9.49. The second-order valence-corrected chi connectivity index (χ2v) is 3.61. The minimum atomic E-state index is -1.70. The predicted octanol–water partition coefficient (Wildman–Crippen LogP) is 2.08. The predicted molar refractivity (Wildman–Crippen MR) is 43.5 cm³/mol. The Labute approximate surface area is 72.1 Å². The summed E-state index contributed by atoms with van der Waals surface area (Å²) in [6.45, 7) is 5.61. The van der Waals surface area contributed by atoms with Crippen LogP contribution in [0.1, 0.15) is 33.6 Å². The van der Waals surface area contributed by atoms with E-state index in [0.29, 0.717) is 12.8 Å². The highest BCUT2D eigenvalue weighted by Crippen LogP contribution is 2.61. The van der Waals surface area contributed by atoms with Gasteiger partial charge in [0.25, 0.3) is 0 Å². The van der Waals surface area contributed by atoms with E-state index in [9.17, 15) is 9.18 Å². The highest BCUT2D eigenvalue weighted by atomic mass is 19.1. The van der Waals surface area contributed by atoms with Crippen LogP contribution in [0.4, 0.5) is 4.39 Å². The van der Waals surface area contributed by atoms with Crippen molar-refractivity contribution in [3.8, 4) is 0 Å². The normalized spacial score (nSPS) is 39.3. The van der Waals surface area contributed by atoms with Crippen LogP contribution in [0.5, 0.6) is 0 Å². The number of hydrogen-bond acceptors (Lipinski definition) is 2. The minimum Gasteiger partial charge on any atom is -0.464 e. The van der Waals surface area contributed by atoms with Crippen LogP contribution in [0.2, 0.25) is 0 Å². The van der Waals surface area contributed by atoms with Crippen molar-refractivity contribution in [2.24, 2.45) is 5.41 Å². The van der Waals surface area contributed by atoms with Gasteiger partial charge in [0.1, 0.15) is 0 Å². The van der Waals surface area contributed by atoms with Crippen molar-refractivity contribution in [2.75, 3.05) is 6.61 Å². The molecule has 12 heavy (non-hydrogen) atoms. The van der Waals surface area contributed by atoms with E-state index in [1.165, 1.54) is 0 Å². The van der Waals surface area contributed by atoms with Gasteiger partial charge in [0.15, 0.2) is 0 Å². The Kier molecular flexibility index (Phi) is 2.15. The fraction of sp³-hybridized carbons (Fsp3) is 0.889. The van der Waals surface area contributed by atoms with Crippen molar-refractivity contribution in [3.05, 3.63) is 0 Å². The van der Waals surface area contributed by atoms with Gasteiger partial charge in [0.05, 0.1) is 6.61 Å². The molecule has 2 unspecified atom stereocenters. The van der Waals surface area contributed by atoms with Crippen molar-refractivity contribution >= 4 is 5.97 Å². The van der Waals surface area contributed by atoms with Crippen LogP contribution in [-0.4, -0.2) is 18.2 Å². The summed E-state index contributed by atoms with van der Waals surface area (Å²) in [6, 6.07) is 0. The van der Waals surface area contributed by atoms with Crippen LogP contribution in [-0.2, 0) is 9.53 Å². The van der Waals surface area contributed by atoms with E-state index >= 15 is 0 Å². The molecular weight excluding hydrogens is 159 g/mol. The maximum absolute atomic E-state index is 13.7. The molecule has 0 radical (unpaired) electrons. The van der Waals surface area contributed by atoms with E-state index in [1.807, 2.05) is 6.92 Å². The molecule has 0 spiro atoms. The Morgan fingerprint density at radius 3 is 2.50 bits per heavy atom. The summed E-state index contributed by atoms with van der Waals surface area (Å²) in [7, 11) is 0. The van der Waals surface area contributed by atoms with Crippen LogP contribution < -0.4 is 0 Å². The molecule has 0 saturated heterocycles. The number of hydrogen-bond donors (Lipinski definition) is 0. The molecule has 0 N–H and O–H groups in total. The van der Waals surface area contributed by atoms with E-state index in [2.05, 4.69) is 4.74 Å². The Balaban J connectivity index is 2.60. The number of ether oxygens (including phenoxy) is 1. The van der Waals surface area contributed by atoms with Gasteiger partial charge >= 0.3 is 5.97 Å². The van der Waals surface area contributed by atoms with Gasteiger partial charge < -0.3 is 4.74 Å². The van der Waals surface area contributed by atoms with Crippen LogP contribution in [0, 0.1) is 5.41 Å². The Morgan fingerprint density at radius 1 is 1.58 bits per heavy atom. The van der Waals surface area contributed by atoms with Crippen LogP contribution in [0.3, 0.4) is 0 Å². The molecule has 0 heterocycles. The molecule has 0 aromatic carbocycles. The first-order valence-corrected chi connectivity index (χ1v) is 4.36. The topological polar surface area (TPSA) is 26.3 Å². The van der Waals surface area contributed by atoms with E-state index in [0.717, 1.165) is 0 Å². The molecular formula is C9H15FO2. The van der Waals surface area contributed by atoms with Crippen molar-refractivity contribution in [1.29, 1.82) is 0 Å². The molecule has 1 rings (SSSR count). The lowest BCUT2D eigenvalue weighted by Gasteiger charge is -2.11. The molecule has 3 heteroatoms. The Hall–Kier alpha value is -0.600.